The Balaban J connectivity index is 1.79. The Kier molecular flexibility index (Phi) is 4.61. The van der Waals surface area contributed by atoms with Gasteiger partial charge >= 0.3 is 0 Å². The number of nitrogens with one attached hydrogen (secondary N) is 1. The number of halogens is 1. The summed E-state index contributed by atoms with van der Waals surface area (Å²) in [5.41, 5.74) is 4.00. The SMILES string of the molecule is Cc1ccc(CN2C(=O)c3ccccc3N[C@@H]2c2cc(O)c(O)c(Cl)c2)cc1. The number of hydrogen-bond donors (Lipinski definition) is 3. The van der Waals surface area contributed by atoms with Crippen LogP contribution in [-0.2, 0) is 6.54 Å². The summed E-state index contributed by atoms with van der Waals surface area (Å²) in [6.07, 6.45) is -0.548. The molecule has 28 heavy (non-hydrogen) atoms. The number of benzene rings is 3. The van der Waals surface area contributed by atoms with E-state index in [0.717, 1.165) is 11.1 Å². The highest BCUT2D eigenvalue weighted by molar-refractivity contribution is 6.32. The zero-order valence-corrected chi connectivity index (χ0v) is 15.9. The van der Waals surface area contributed by atoms with E-state index in [9.17, 15) is 15.0 Å². The van der Waals surface area contributed by atoms with Crippen LogP contribution < -0.4 is 5.32 Å². The van der Waals surface area contributed by atoms with Gasteiger partial charge in [-0.1, -0.05) is 53.6 Å². The van der Waals surface area contributed by atoms with Crippen molar-refractivity contribution in [3.8, 4) is 11.5 Å². The van der Waals surface area contributed by atoms with Crippen LogP contribution in [0, 0.1) is 6.92 Å². The van der Waals surface area contributed by atoms with Crippen molar-refractivity contribution in [1.82, 2.24) is 4.90 Å². The Bertz CT molecular complexity index is 1030. The Morgan fingerprint density at radius 2 is 1.79 bits per heavy atom. The molecule has 0 spiro atoms. The fourth-order valence-electron chi connectivity index (χ4n) is 3.37. The predicted molar refractivity (Wildman–Crippen MR) is 109 cm³/mol. The van der Waals surface area contributed by atoms with E-state index in [4.69, 9.17) is 11.6 Å². The third-order valence-corrected chi connectivity index (χ3v) is 5.17. The summed E-state index contributed by atoms with van der Waals surface area (Å²) in [6, 6.07) is 18.3. The fourth-order valence-corrected chi connectivity index (χ4v) is 3.59. The number of amides is 1. The molecule has 6 heteroatoms. The number of carbonyl (C=O) groups excluding carboxylic acids is 1. The van der Waals surface area contributed by atoms with Crippen molar-refractivity contribution in [3.05, 3.63) is 87.9 Å². The van der Waals surface area contributed by atoms with Crippen LogP contribution >= 0.6 is 11.6 Å². The largest absolute Gasteiger partial charge is 0.504 e. The molecule has 1 heterocycles. The lowest BCUT2D eigenvalue weighted by Crippen LogP contribution is -2.42. The summed E-state index contributed by atoms with van der Waals surface area (Å²) in [5.74, 6) is -0.826. The summed E-state index contributed by atoms with van der Waals surface area (Å²) in [6.45, 7) is 2.39. The maximum absolute atomic E-state index is 13.2. The zero-order valence-electron chi connectivity index (χ0n) is 15.2. The van der Waals surface area contributed by atoms with E-state index < -0.39 is 6.17 Å². The van der Waals surface area contributed by atoms with E-state index >= 15 is 0 Å². The maximum atomic E-state index is 13.2. The summed E-state index contributed by atoms with van der Waals surface area (Å²) < 4.78 is 0. The van der Waals surface area contributed by atoms with E-state index in [1.54, 1.807) is 17.0 Å². The average Bonchev–Trinajstić information content (AvgIpc) is 2.69. The van der Waals surface area contributed by atoms with Crippen LogP contribution in [0.2, 0.25) is 5.02 Å². The van der Waals surface area contributed by atoms with Crippen LogP contribution in [0.3, 0.4) is 0 Å². The Morgan fingerprint density at radius 3 is 2.50 bits per heavy atom. The van der Waals surface area contributed by atoms with Crippen molar-refractivity contribution >= 4 is 23.2 Å². The van der Waals surface area contributed by atoms with Gasteiger partial charge in [0.05, 0.1) is 10.6 Å². The topological polar surface area (TPSA) is 72.8 Å². The van der Waals surface area contributed by atoms with Gasteiger partial charge in [0.2, 0.25) is 0 Å². The van der Waals surface area contributed by atoms with Gasteiger partial charge in [-0.15, -0.1) is 0 Å². The van der Waals surface area contributed by atoms with Gasteiger partial charge in [0.15, 0.2) is 11.5 Å². The number of aryl methyl sites for hydroxylation is 1. The molecule has 4 rings (SSSR count). The van der Waals surface area contributed by atoms with Gasteiger partial charge in [-0.3, -0.25) is 4.79 Å². The Labute approximate surface area is 167 Å². The lowest BCUT2D eigenvalue weighted by molar-refractivity contribution is 0.0666. The normalized spacial score (nSPS) is 15.9. The van der Waals surface area contributed by atoms with Gasteiger partial charge in [0.1, 0.15) is 6.17 Å². The number of phenols is 2. The first-order chi connectivity index (χ1) is 13.4. The number of anilines is 1. The van der Waals surface area contributed by atoms with Crippen LogP contribution in [0.15, 0.2) is 60.7 Å². The number of rotatable bonds is 3. The van der Waals surface area contributed by atoms with Crippen molar-refractivity contribution in [2.75, 3.05) is 5.32 Å². The van der Waals surface area contributed by atoms with Crippen molar-refractivity contribution in [2.24, 2.45) is 0 Å². The highest BCUT2D eigenvalue weighted by atomic mass is 35.5. The lowest BCUT2D eigenvalue weighted by atomic mass is 10.0. The first-order valence-electron chi connectivity index (χ1n) is 8.87. The van der Waals surface area contributed by atoms with E-state index in [0.29, 0.717) is 23.4 Å². The van der Waals surface area contributed by atoms with Crippen LogP contribution in [0.25, 0.3) is 0 Å². The van der Waals surface area contributed by atoms with E-state index in [-0.39, 0.29) is 22.4 Å². The van der Waals surface area contributed by atoms with Gasteiger partial charge in [0.25, 0.3) is 5.91 Å². The second-order valence-corrected chi connectivity index (χ2v) is 7.29. The predicted octanol–water partition coefficient (Wildman–Crippen LogP) is 4.83. The molecule has 1 amide bonds. The smallest absolute Gasteiger partial charge is 0.258 e. The standard InChI is InChI=1S/C22H19ClN2O3/c1-13-6-8-14(9-7-13)12-25-21(15-10-17(23)20(27)19(26)11-15)24-18-5-3-2-4-16(18)22(25)28/h2-11,21,24,26-27H,12H2,1H3/t21-/m0/s1. The monoisotopic (exact) mass is 394 g/mol. The number of fused-ring (bicyclic) bond motifs is 1. The first-order valence-corrected chi connectivity index (χ1v) is 9.25. The molecule has 1 aliphatic rings. The number of aromatic hydroxyl groups is 2. The van der Waals surface area contributed by atoms with Gasteiger partial charge in [-0.25, -0.2) is 0 Å². The molecule has 3 N–H and O–H groups in total. The molecule has 0 aliphatic carbocycles. The second kappa shape index (κ2) is 7.09. The minimum Gasteiger partial charge on any atom is -0.504 e. The summed E-state index contributed by atoms with van der Waals surface area (Å²) in [7, 11) is 0. The van der Waals surface area contributed by atoms with Crippen molar-refractivity contribution in [3.63, 3.8) is 0 Å². The molecular formula is C22H19ClN2O3. The molecule has 0 unspecified atom stereocenters. The number of phenolic OH excluding ortho intramolecular Hbond substituents is 2. The van der Waals surface area contributed by atoms with Crippen LogP contribution in [0.1, 0.15) is 33.2 Å². The molecule has 0 aromatic heterocycles. The number of nitrogens with zero attached hydrogens (tertiary/aromatic N) is 1. The molecule has 3 aromatic rings. The molecule has 1 atom stereocenters. The molecule has 0 bridgehead atoms. The molecule has 0 saturated heterocycles. The minimum atomic E-state index is -0.548. The molecule has 1 aliphatic heterocycles. The summed E-state index contributed by atoms with van der Waals surface area (Å²) >= 11 is 6.06. The number of hydrogen-bond acceptors (Lipinski definition) is 4. The fraction of sp³-hybridized carbons (Fsp3) is 0.136. The number of carbonyl (C=O) groups is 1. The van der Waals surface area contributed by atoms with Crippen LogP contribution in [0.5, 0.6) is 11.5 Å². The van der Waals surface area contributed by atoms with Crippen molar-refractivity contribution < 1.29 is 15.0 Å². The lowest BCUT2D eigenvalue weighted by Gasteiger charge is -2.38. The third-order valence-electron chi connectivity index (χ3n) is 4.88. The van der Waals surface area contributed by atoms with Gasteiger partial charge < -0.3 is 20.4 Å². The molecule has 142 valence electrons. The first kappa shape index (κ1) is 18.2. The average molecular weight is 395 g/mol. The van der Waals surface area contributed by atoms with E-state index in [1.165, 1.54) is 6.07 Å². The van der Waals surface area contributed by atoms with E-state index in [2.05, 4.69) is 5.32 Å². The number of para-hydroxylation sites is 1. The highest BCUT2D eigenvalue weighted by Gasteiger charge is 2.33. The molecule has 0 saturated carbocycles. The Hall–Kier alpha value is -3.18. The molecular weight excluding hydrogens is 376 g/mol. The molecule has 0 fully saturated rings. The minimum absolute atomic E-state index is 0.0263. The highest BCUT2D eigenvalue weighted by Crippen LogP contribution is 2.40. The third kappa shape index (κ3) is 3.25. The molecule has 0 radical (unpaired) electrons. The quantitative estimate of drug-likeness (QED) is 0.556. The summed E-state index contributed by atoms with van der Waals surface area (Å²) in [4.78, 5) is 14.9. The van der Waals surface area contributed by atoms with Gasteiger partial charge in [0, 0.05) is 17.8 Å². The van der Waals surface area contributed by atoms with Crippen molar-refractivity contribution in [2.45, 2.75) is 19.6 Å². The second-order valence-electron chi connectivity index (χ2n) is 6.88. The summed E-state index contributed by atoms with van der Waals surface area (Å²) in [5, 5.41) is 23.2. The molecule has 5 nitrogen and oxygen atoms in total. The van der Waals surface area contributed by atoms with Crippen LogP contribution in [-0.4, -0.2) is 21.0 Å². The molecule has 3 aromatic carbocycles. The maximum Gasteiger partial charge on any atom is 0.258 e. The van der Waals surface area contributed by atoms with Gasteiger partial charge in [-0.2, -0.15) is 0 Å². The Morgan fingerprint density at radius 1 is 1.07 bits per heavy atom. The van der Waals surface area contributed by atoms with Gasteiger partial charge in [-0.05, 0) is 36.8 Å². The zero-order chi connectivity index (χ0) is 19.8. The van der Waals surface area contributed by atoms with E-state index in [1.807, 2.05) is 49.4 Å². The van der Waals surface area contributed by atoms with Crippen molar-refractivity contribution in [1.29, 1.82) is 0 Å². The van der Waals surface area contributed by atoms with Crippen LogP contribution in [0.4, 0.5) is 5.69 Å².